The molecule has 5 heteroatoms. The Kier molecular flexibility index (Phi) is 5.21. The van der Waals surface area contributed by atoms with E-state index in [1.807, 2.05) is 48.5 Å². The second-order valence-electron chi connectivity index (χ2n) is 5.41. The summed E-state index contributed by atoms with van der Waals surface area (Å²) in [7, 11) is 1.77. The Balaban J connectivity index is 1.93. The molecule has 122 valence electrons. The van der Waals surface area contributed by atoms with Crippen molar-refractivity contribution in [3.63, 3.8) is 0 Å². The van der Waals surface area contributed by atoms with Gasteiger partial charge in [-0.1, -0.05) is 53.2 Å². The van der Waals surface area contributed by atoms with Crippen molar-refractivity contribution in [2.24, 2.45) is 4.99 Å². The summed E-state index contributed by atoms with van der Waals surface area (Å²) in [5.41, 5.74) is 3.09. The van der Waals surface area contributed by atoms with Crippen molar-refractivity contribution in [2.45, 2.75) is 13.3 Å². The normalized spacial score (nSPS) is 18.0. The summed E-state index contributed by atoms with van der Waals surface area (Å²) in [6, 6.07) is 15.9. The van der Waals surface area contributed by atoms with Crippen LogP contribution in [-0.2, 0) is 11.2 Å². The lowest BCUT2D eigenvalue weighted by Gasteiger charge is -2.08. The average Bonchev–Trinajstić information content (AvgIpc) is 2.83. The molecule has 0 spiro atoms. The number of para-hydroxylation sites is 1. The van der Waals surface area contributed by atoms with Gasteiger partial charge in [0.1, 0.15) is 0 Å². The second kappa shape index (κ2) is 7.36. The zero-order chi connectivity index (χ0) is 17.1. The molecule has 1 heterocycles. The summed E-state index contributed by atoms with van der Waals surface area (Å²) in [6.07, 6.45) is 2.82. The number of rotatable bonds is 3. The molecule has 1 aliphatic heterocycles. The van der Waals surface area contributed by atoms with Gasteiger partial charge in [0, 0.05) is 11.5 Å². The highest BCUT2D eigenvalue weighted by atomic mass is 79.9. The van der Waals surface area contributed by atoms with E-state index in [9.17, 15) is 4.79 Å². The zero-order valence-electron chi connectivity index (χ0n) is 13.5. The molecule has 1 aliphatic rings. The van der Waals surface area contributed by atoms with Crippen LogP contribution in [0.15, 0.2) is 62.9 Å². The van der Waals surface area contributed by atoms with E-state index in [1.54, 1.807) is 11.9 Å². The van der Waals surface area contributed by atoms with Crippen LogP contribution in [-0.4, -0.2) is 23.0 Å². The molecule has 0 aliphatic carbocycles. The first-order valence-corrected chi connectivity index (χ1v) is 9.29. The molecule has 2 aromatic carbocycles. The lowest BCUT2D eigenvalue weighted by molar-refractivity contribution is -0.121. The summed E-state index contributed by atoms with van der Waals surface area (Å²) < 4.78 is 0.992. The van der Waals surface area contributed by atoms with E-state index in [4.69, 9.17) is 4.99 Å². The lowest BCUT2D eigenvalue weighted by atomic mass is 10.1. The molecule has 2 aromatic rings. The van der Waals surface area contributed by atoms with E-state index in [-0.39, 0.29) is 5.91 Å². The largest absolute Gasteiger partial charge is 0.290 e. The van der Waals surface area contributed by atoms with Crippen molar-refractivity contribution in [2.75, 3.05) is 7.05 Å². The summed E-state index contributed by atoms with van der Waals surface area (Å²) in [4.78, 5) is 19.5. The first kappa shape index (κ1) is 17.0. The molecule has 0 N–H and O–H groups in total. The SMILES string of the molecule is CCc1ccccc1N=C1S/C(=C/c2cccc(Br)c2)C(=O)N1C. The fourth-order valence-corrected chi connectivity index (χ4v) is 3.82. The van der Waals surface area contributed by atoms with Gasteiger partial charge in [0.05, 0.1) is 10.6 Å². The molecule has 1 fully saturated rings. The second-order valence-corrected chi connectivity index (χ2v) is 7.33. The van der Waals surface area contributed by atoms with E-state index < -0.39 is 0 Å². The number of amidine groups is 1. The van der Waals surface area contributed by atoms with Crippen LogP contribution in [0.5, 0.6) is 0 Å². The van der Waals surface area contributed by atoms with Crippen molar-refractivity contribution >= 4 is 50.5 Å². The maximum atomic E-state index is 12.5. The van der Waals surface area contributed by atoms with Gasteiger partial charge in [-0.2, -0.15) is 0 Å². The average molecular weight is 401 g/mol. The Morgan fingerprint density at radius 3 is 2.75 bits per heavy atom. The van der Waals surface area contributed by atoms with Gasteiger partial charge in [-0.05, 0) is 53.6 Å². The van der Waals surface area contributed by atoms with E-state index in [0.717, 1.165) is 22.1 Å². The van der Waals surface area contributed by atoms with Crippen LogP contribution < -0.4 is 0 Å². The third-order valence-corrected chi connectivity index (χ3v) is 5.29. The summed E-state index contributed by atoms with van der Waals surface area (Å²) >= 11 is 4.87. The predicted octanol–water partition coefficient (Wildman–Crippen LogP) is 5.25. The predicted molar refractivity (Wildman–Crippen MR) is 105 cm³/mol. The van der Waals surface area contributed by atoms with Crippen LogP contribution in [0.2, 0.25) is 0 Å². The van der Waals surface area contributed by atoms with Gasteiger partial charge in [-0.3, -0.25) is 9.69 Å². The standard InChI is InChI=1S/C19H17BrN2OS/c1-3-14-8-4-5-10-16(14)21-19-22(2)18(23)17(24-19)12-13-7-6-9-15(20)11-13/h4-12H,3H2,1-2H3/b17-12+,21-19?. The quantitative estimate of drug-likeness (QED) is 0.659. The molecule has 1 saturated heterocycles. The maximum Gasteiger partial charge on any atom is 0.266 e. The topological polar surface area (TPSA) is 32.7 Å². The number of benzene rings is 2. The molecular weight excluding hydrogens is 384 g/mol. The van der Waals surface area contributed by atoms with Gasteiger partial charge in [-0.25, -0.2) is 4.99 Å². The molecule has 0 radical (unpaired) electrons. The van der Waals surface area contributed by atoms with Crippen molar-refractivity contribution < 1.29 is 4.79 Å². The minimum atomic E-state index is -0.0206. The van der Waals surface area contributed by atoms with Crippen molar-refractivity contribution in [1.82, 2.24) is 4.90 Å². The number of likely N-dealkylation sites (N-methyl/N-ethyl adjacent to an activating group) is 1. The lowest BCUT2D eigenvalue weighted by Crippen LogP contribution is -2.23. The molecule has 3 nitrogen and oxygen atoms in total. The molecule has 24 heavy (non-hydrogen) atoms. The summed E-state index contributed by atoms with van der Waals surface area (Å²) in [5, 5.41) is 0.710. The summed E-state index contributed by atoms with van der Waals surface area (Å²) in [6.45, 7) is 2.11. The van der Waals surface area contributed by atoms with E-state index in [2.05, 4.69) is 28.9 Å². The molecular formula is C19H17BrN2OS. The third-order valence-electron chi connectivity index (χ3n) is 3.74. The first-order chi connectivity index (χ1) is 11.6. The number of hydrogen-bond donors (Lipinski definition) is 0. The fourth-order valence-electron chi connectivity index (χ4n) is 2.42. The Bertz CT molecular complexity index is 845. The molecule has 3 rings (SSSR count). The van der Waals surface area contributed by atoms with Gasteiger partial charge in [0.2, 0.25) is 0 Å². The van der Waals surface area contributed by atoms with Crippen LogP contribution >= 0.6 is 27.7 Å². The van der Waals surface area contributed by atoms with Crippen molar-refractivity contribution in [3.05, 3.63) is 69.0 Å². The molecule has 0 atom stereocenters. The number of nitrogens with zero attached hydrogens (tertiary/aromatic N) is 2. The number of halogens is 1. The third kappa shape index (κ3) is 3.62. The maximum absolute atomic E-state index is 12.5. The van der Waals surface area contributed by atoms with Crippen LogP contribution in [0.1, 0.15) is 18.1 Å². The zero-order valence-corrected chi connectivity index (χ0v) is 15.9. The molecule has 0 unspecified atom stereocenters. The van der Waals surface area contributed by atoms with Gasteiger partial charge >= 0.3 is 0 Å². The van der Waals surface area contributed by atoms with Crippen molar-refractivity contribution in [1.29, 1.82) is 0 Å². The number of aliphatic imine (C=N–C) groups is 1. The minimum absolute atomic E-state index is 0.0206. The molecule has 0 saturated carbocycles. The Hall–Kier alpha value is -1.85. The van der Waals surface area contributed by atoms with Crippen LogP contribution in [0.4, 0.5) is 5.69 Å². The Morgan fingerprint density at radius 2 is 2.00 bits per heavy atom. The first-order valence-electron chi connectivity index (χ1n) is 7.68. The smallest absolute Gasteiger partial charge is 0.266 e. The van der Waals surface area contributed by atoms with Gasteiger partial charge in [-0.15, -0.1) is 0 Å². The van der Waals surface area contributed by atoms with E-state index >= 15 is 0 Å². The Labute approximate surface area is 154 Å². The fraction of sp³-hybridized carbons (Fsp3) is 0.158. The van der Waals surface area contributed by atoms with Gasteiger partial charge < -0.3 is 0 Å². The van der Waals surface area contributed by atoms with Crippen LogP contribution in [0, 0.1) is 0 Å². The van der Waals surface area contributed by atoms with Crippen LogP contribution in [0.25, 0.3) is 6.08 Å². The molecule has 1 amide bonds. The number of aryl methyl sites for hydroxylation is 1. The number of thioether (sulfide) groups is 1. The van der Waals surface area contributed by atoms with E-state index in [1.165, 1.54) is 17.3 Å². The Morgan fingerprint density at radius 1 is 1.21 bits per heavy atom. The van der Waals surface area contributed by atoms with E-state index in [0.29, 0.717) is 10.1 Å². The highest BCUT2D eigenvalue weighted by molar-refractivity contribution is 9.10. The number of carbonyl (C=O) groups excluding carboxylic acids is 1. The number of amides is 1. The molecule has 0 bridgehead atoms. The number of carbonyl (C=O) groups is 1. The van der Waals surface area contributed by atoms with Gasteiger partial charge in [0.25, 0.3) is 5.91 Å². The molecule has 0 aromatic heterocycles. The monoisotopic (exact) mass is 400 g/mol. The number of hydrogen-bond acceptors (Lipinski definition) is 3. The van der Waals surface area contributed by atoms with Crippen LogP contribution in [0.3, 0.4) is 0 Å². The van der Waals surface area contributed by atoms with Gasteiger partial charge in [0.15, 0.2) is 5.17 Å². The highest BCUT2D eigenvalue weighted by Gasteiger charge is 2.30. The van der Waals surface area contributed by atoms with Crippen molar-refractivity contribution in [3.8, 4) is 0 Å². The minimum Gasteiger partial charge on any atom is -0.290 e. The summed E-state index contributed by atoms with van der Waals surface area (Å²) in [5.74, 6) is -0.0206. The highest BCUT2D eigenvalue weighted by Crippen LogP contribution is 2.34.